The van der Waals surface area contributed by atoms with Crippen molar-refractivity contribution in [2.24, 2.45) is 7.05 Å². The molecule has 3 aromatic carbocycles. The molecule has 1 aromatic heterocycles. The molecule has 1 aliphatic rings. The number of carbonyl (C=O) groups is 2. The van der Waals surface area contributed by atoms with Crippen molar-refractivity contribution in [2.45, 2.75) is 13.0 Å². The Balaban J connectivity index is 1.70. The molecule has 0 fully saturated rings. The molecule has 2 amide bonds. The van der Waals surface area contributed by atoms with E-state index in [-0.39, 0.29) is 17.9 Å². The molecular formula is C26H23N3O3. The Labute approximate surface area is 186 Å². The van der Waals surface area contributed by atoms with Gasteiger partial charge in [0.15, 0.2) is 0 Å². The monoisotopic (exact) mass is 425 g/mol. The highest BCUT2D eigenvalue weighted by Crippen LogP contribution is 2.46. The van der Waals surface area contributed by atoms with Crippen LogP contribution >= 0.6 is 0 Å². The number of amides is 2. The van der Waals surface area contributed by atoms with Gasteiger partial charge >= 0.3 is 0 Å². The van der Waals surface area contributed by atoms with Crippen molar-refractivity contribution in [3.05, 3.63) is 89.6 Å². The molecule has 0 unspecified atom stereocenters. The lowest BCUT2D eigenvalue weighted by Crippen LogP contribution is -2.29. The van der Waals surface area contributed by atoms with Crippen LogP contribution in [0.2, 0.25) is 0 Å². The summed E-state index contributed by atoms with van der Waals surface area (Å²) < 4.78 is 7.28. The summed E-state index contributed by atoms with van der Waals surface area (Å²) in [6.07, 6.45) is 0. The van der Waals surface area contributed by atoms with Gasteiger partial charge in [-0.2, -0.15) is 0 Å². The SMILES string of the molecule is COc1ccc(N2C(=O)c3c(c4ccccc4n3C)[C@H]2c2ccc(NC(C)=O)cc2)cc1. The second-order valence-corrected chi connectivity index (χ2v) is 7.92. The number of aryl methyl sites for hydroxylation is 1. The van der Waals surface area contributed by atoms with Crippen LogP contribution in [0.3, 0.4) is 0 Å². The Morgan fingerprint density at radius 1 is 0.969 bits per heavy atom. The molecule has 0 bridgehead atoms. The summed E-state index contributed by atoms with van der Waals surface area (Å²) in [5.74, 6) is 0.573. The van der Waals surface area contributed by atoms with Gasteiger partial charge in [0.2, 0.25) is 5.91 Å². The number of benzene rings is 3. The van der Waals surface area contributed by atoms with Crippen molar-refractivity contribution >= 4 is 34.1 Å². The maximum Gasteiger partial charge on any atom is 0.276 e. The molecule has 0 saturated carbocycles. The molecule has 1 atom stereocenters. The van der Waals surface area contributed by atoms with Gasteiger partial charge in [-0.25, -0.2) is 0 Å². The van der Waals surface area contributed by atoms with E-state index in [0.29, 0.717) is 5.69 Å². The van der Waals surface area contributed by atoms with E-state index in [1.165, 1.54) is 6.92 Å². The first-order valence-corrected chi connectivity index (χ1v) is 10.4. The first-order valence-electron chi connectivity index (χ1n) is 10.4. The van der Waals surface area contributed by atoms with E-state index >= 15 is 0 Å². The van der Waals surface area contributed by atoms with Crippen molar-refractivity contribution in [1.82, 2.24) is 4.57 Å². The highest BCUT2D eigenvalue weighted by Gasteiger charge is 2.42. The summed E-state index contributed by atoms with van der Waals surface area (Å²) in [7, 11) is 3.56. The van der Waals surface area contributed by atoms with Gasteiger partial charge in [0.05, 0.1) is 13.2 Å². The Morgan fingerprint density at radius 2 is 1.66 bits per heavy atom. The number of para-hydroxylation sites is 1. The molecule has 0 radical (unpaired) electrons. The number of nitrogens with one attached hydrogen (secondary N) is 1. The van der Waals surface area contributed by atoms with Gasteiger partial charge in [-0.15, -0.1) is 0 Å². The van der Waals surface area contributed by atoms with Crippen LogP contribution < -0.4 is 15.0 Å². The minimum Gasteiger partial charge on any atom is -0.497 e. The third-order valence-electron chi connectivity index (χ3n) is 6.00. The lowest BCUT2D eigenvalue weighted by atomic mass is 9.97. The number of nitrogens with zero attached hydrogens (tertiary/aromatic N) is 2. The molecule has 1 aliphatic heterocycles. The van der Waals surface area contributed by atoms with Crippen LogP contribution in [0.4, 0.5) is 11.4 Å². The molecule has 2 heterocycles. The Morgan fingerprint density at radius 3 is 2.31 bits per heavy atom. The fourth-order valence-electron chi connectivity index (χ4n) is 4.60. The minimum absolute atomic E-state index is 0.0418. The van der Waals surface area contributed by atoms with Crippen LogP contribution in [0.15, 0.2) is 72.8 Å². The minimum atomic E-state index is -0.289. The van der Waals surface area contributed by atoms with Crippen LogP contribution in [0.25, 0.3) is 10.9 Å². The lowest BCUT2D eigenvalue weighted by Gasteiger charge is -2.27. The lowest BCUT2D eigenvalue weighted by molar-refractivity contribution is -0.114. The summed E-state index contributed by atoms with van der Waals surface area (Å²) in [5, 5.41) is 3.86. The quantitative estimate of drug-likeness (QED) is 0.506. The van der Waals surface area contributed by atoms with Gasteiger partial charge in [0.25, 0.3) is 5.91 Å². The summed E-state index contributed by atoms with van der Waals surface area (Å²) in [5.41, 5.74) is 5.21. The normalized spacial score (nSPS) is 15.2. The number of hydrogen-bond donors (Lipinski definition) is 1. The van der Waals surface area contributed by atoms with Crippen molar-refractivity contribution < 1.29 is 14.3 Å². The van der Waals surface area contributed by atoms with Crippen molar-refractivity contribution in [1.29, 1.82) is 0 Å². The van der Waals surface area contributed by atoms with Gasteiger partial charge in [-0.1, -0.05) is 30.3 Å². The van der Waals surface area contributed by atoms with Crippen LogP contribution in [-0.4, -0.2) is 23.5 Å². The number of hydrogen-bond acceptors (Lipinski definition) is 3. The van der Waals surface area contributed by atoms with Crippen molar-refractivity contribution in [2.75, 3.05) is 17.3 Å². The van der Waals surface area contributed by atoms with Crippen molar-refractivity contribution in [3.63, 3.8) is 0 Å². The molecular weight excluding hydrogens is 402 g/mol. The number of methoxy groups -OCH3 is 1. The predicted octanol–water partition coefficient (Wildman–Crippen LogP) is 4.90. The average molecular weight is 425 g/mol. The van der Waals surface area contributed by atoms with Gasteiger partial charge in [0.1, 0.15) is 11.4 Å². The molecule has 4 aromatic rings. The van der Waals surface area contributed by atoms with Crippen LogP contribution in [-0.2, 0) is 11.8 Å². The Kier molecular flexibility index (Phi) is 4.70. The fourth-order valence-corrected chi connectivity index (χ4v) is 4.60. The topological polar surface area (TPSA) is 63.6 Å². The average Bonchev–Trinajstić information content (AvgIpc) is 3.27. The number of carbonyl (C=O) groups excluding carboxylic acids is 2. The predicted molar refractivity (Wildman–Crippen MR) is 125 cm³/mol. The number of aromatic nitrogens is 1. The first kappa shape index (κ1) is 19.9. The summed E-state index contributed by atoms with van der Waals surface area (Å²) in [4.78, 5) is 27.0. The summed E-state index contributed by atoms with van der Waals surface area (Å²) in [6, 6.07) is 23.0. The summed E-state index contributed by atoms with van der Waals surface area (Å²) >= 11 is 0. The maximum absolute atomic E-state index is 13.8. The fraction of sp³-hybridized carbons (Fsp3) is 0.154. The molecule has 0 saturated heterocycles. The van der Waals surface area contributed by atoms with Gasteiger partial charge in [-0.3, -0.25) is 14.5 Å². The van der Waals surface area contributed by atoms with Crippen LogP contribution in [0.1, 0.15) is 34.6 Å². The van der Waals surface area contributed by atoms with Gasteiger partial charge in [-0.05, 0) is 48.0 Å². The highest BCUT2D eigenvalue weighted by atomic mass is 16.5. The van der Waals surface area contributed by atoms with E-state index in [9.17, 15) is 9.59 Å². The molecule has 6 nitrogen and oxygen atoms in total. The molecule has 6 heteroatoms. The molecule has 160 valence electrons. The van der Waals surface area contributed by atoms with E-state index in [4.69, 9.17) is 4.74 Å². The molecule has 5 rings (SSSR count). The molecule has 1 N–H and O–H groups in total. The standard InChI is InChI=1S/C26H23N3O3/c1-16(30)27-18-10-8-17(9-11-18)24-23-21-6-4-5-7-22(21)28(2)25(23)26(31)29(24)19-12-14-20(32-3)15-13-19/h4-15,24H,1-3H3,(H,27,30)/t24-/m1/s1. The maximum atomic E-state index is 13.8. The zero-order chi connectivity index (χ0) is 22.4. The van der Waals surface area contributed by atoms with E-state index in [2.05, 4.69) is 11.4 Å². The highest BCUT2D eigenvalue weighted by molar-refractivity contribution is 6.15. The Hall–Kier alpha value is -4.06. The van der Waals surface area contributed by atoms with E-state index in [1.54, 1.807) is 7.11 Å². The van der Waals surface area contributed by atoms with Crippen LogP contribution in [0.5, 0.6) is 5.75 Å². The zero-order valence-corrected chi connectivity index (χ0v) is 18.1. The smallest absolute Gasteiger partial charge is 0.276 e. The van der Waals surface area contributed by atoms with E-state index in [0.717, 1.165) is 39.2 Å². The molecule has 0 spiro atoms. The third-order valence-corrected chi connectivity index (χ3v) is 6.00. The van der Waals surface area contributed by atoms with Crippen LogP contribution in [0, 0.1) is 0 Å². The van der Waals surface area contributed by atoms with Crippen molar-refractivity contribution in [3.8, 4) is 5.75 Å². The summed E-state index contributed by atoms with van der Waals surface area (Å²) in [6.45, 7) is 1.48. The number of anilines is 2. The number of ether oxygens (including phenoxy) is 1. The molecule has 0 aliphatic carbocycles. The van der Waals surface area contributed by atoms with Gasteiger partial charge in [0, 0.05) is 41.8 Å². The Bertz CT molecular complexity index is 1340. The van der Waals surface area contributed by atoms with E-state index in [1.807, 2.05) is 83.2 Å². The number of fused-ring (bicyclic) bond motifs is 3. The second-order valence-electron chi connectivity index (χ2n) is 7.92. The third kappa shape index (κ3) is 3.03. The zero-order valence-electron chi connectivity index (χ0n) is 18.1. The second kappa shape index (κ2) is 7.57. The number of rotatable bonds is 4. The molecule has 32 heavy (non-hydrogen) atoms. The van der Waals surface area contributed by atoms with Gasteiger partial charge < -0.3 is 14.6 Å². The largest absolute Gasteiger partial charge is 0.497 e. The van der Waals surface area contributed by atoms with E-state index < -0.39 is 0 Å². The first-order chi connectivity index (χ1) is 15.5.